The van der Waals surface area contributed by atoms with Gasteiger partial charge in [-0.15, -0.1) is 0 Å². The van der Waals surface area contributed by atoms with E-state index in [-0.39, 0.29) is 17.2 Å². The SMILES string of the molecule is CNC(=O)c1cc2cccnc2c(N2CCCc3cc(C4=CCN(C)CC4)c(C(F)F)cc32)n1. The van der Waals surface area contributed by atoms with Crippen molar-refractivity contribution in [1.82, 2.24) is 20.2 Å². The van der Waals surface area contributed by atoms with Crippen LogP contribution >= 0.6 is 0 Å². The van der Waals surface area contributed by atoms with Crippen molar-refractivity contribution < 1.29 is 13.6 Å². The number of hydrogen-bond donors (Lipinski definition) is 1. The van der Waals surface area contributed by atoms with Crippen LogP contribution in [0.1, 0.15) is 46.4 Å². The van der Waals surface area contributed by atoms with Crippen LogP contribution in [0.15, 0.2) is 42.6 Å². The zero-order chi connectivity index (χ0) is 23.8. The summed E-state index contributed by atoms with van der Waals surface area (Å²) in [5, 5.41) is 3.40. The van der Waals surface area contributed by atoms with Gasteiger partial charge in [-0.25, -0.2) is 13.8 Å². The van der Waals surface area contributed by atoms with E-state index in [0.717, 1.165) is 48.9 Å². The first-order chi connectivity index (χ1) is 16.5. The van der Waals surface area contributed by atoms with E-state index in [2.05, 4.69) is 26.3 Å². The van der Waals surface area contributed by atoms with Crippen LogP contribution in [0.2, 0.25) is 0 Å². The average Bonchev–Trinajstić information content (AvgIpc) is 2.86. The smallest absolute Gasteiger partial charge is 0.269 e. The van der Waals surface area contributed by atoms with Crippen LogP contribution in [0, 0.1) is 0 Å². The number of rotatable bonds is 4. The largest absolute Gasteiger partial charge is 0.354 e. The molecular formula is C26H27F2N5O. The number of nitrogens with zero attached hydrogens (tertiary/aromatic N) is 4. The van der Waals surface area contributed by atoms with Crippen LogP contribution in [-0.4, -0.2) is 54.5 Å². The molecule has 0 unspecified atom stereocenters. The van der Waals surface area contributed by atoms with Gasteiger partial charge in [0.05, 0.1) is 0 Å². The molecule has 2 aliphatic heterocycles. The van der Waals surface area contributed by atoms with E-state index in [9.17, 15) is 13.6 Å². The molecule has 0 bridgehead atoms. The molecule has 34 heavy (non-hydrogen) atoms. The van der Waals surface area contributed by atoms with Crippen LogP contribution < -0.4 is 10.2 Å². The number of fused-ring (bicyclic) bond motifs is 2. The summed E-state index contributed by atoms with van der Waals surface area (Å²) >= 11 is 0. The first-order valence-electron chi connectivity index (χ1n) is 11.5. The van der Waals surface area contributed by atoms with Gasteiger partial charge < -0.3 is 15.1 Å². The summed E-state index contributed by atoms with van der Waals surface area (Å²) in [6.07, 6.45) is 3.55. The maximum absolute atomic E-state index is 14.3. The van der Waals surface area contributed by atoms with E-state index in [4.69, 9.17) is 0 Å². The highest BCUT2D eigenvalue weighted by molar-refractivity contribution is 6.00. The van der Waals surface area contributed by atoms with Crippen molar-refractivity contribution in [2.24, 2.45) is 0 Å². The molecule has 176 valence electrons. The molecule has 1 aromatic carbocycles. The van der Waals surface area contributed by atoms with Crippen LogP contribution in [0.25, 0.3) is 16.5 Å². The first-order valence-corrected chi connectivity index (χ1v) is 11.5. The lowest BCUT2D eigenvalue weighted by Gasteiger charge is -2.33. The van der Waals surface area contributed by atoms with Crippen LogP contribution in [-0.2, 0) is 6.42 Å². The van der Waals surface area contributed by atoms with Crippen LogP contribution in [0.5, 0.6) is 0 Å². The summed E-state index contributed by atoms with van der Waals surface area (Å²) in [6, 6.07) is 8.95. The lowest BCUT2D eigenvalue weighted by molar-refractivity contribution is 0.0958. The second-order valence-corrected chi connectivity index (χ2v) is 8.85. The number of aromatic nitrogens is 2. The Labute approximate surface area is 197 Å². The number of amides is 1. The number of carbonyl (C=O) groups excluding carboxylic acids is 1. The standard InChI is InChI=1S/C26H27F2N5O/c1-29-26(34)21-14-18-5-3-9-30-23(18)25(31-21)33-10-4-6-17-13-19(16-7-11-32(2)12-8-16)20(24(27)28)15-22(17)33/h3,5,7,9,13-15,24H,4,6,8,10-12H2,1-2H3,(H,29,34). The van der Waals surface area contributed by atoms with Crippen LogP contribution in [0.3, 0.4) is 0 Å². The van der Waals surface area contributed by atoms with E-state index < -0.39 is 6.43 Å². The molecule has 0 atom stereocenters. The number of pyridine rings is 2. The van der Waals surface area contributed by atoms with Crippen molar-refractivity contribution in [2.45, 2.75) is 25.7 Å². The Hall–Kier alpha value is -3.39. The fourth-order valence-corrected chi connectivity index (χ4v) is 4.84. The lowest BCUT2D eigenvalue weighted by Crippen LogP contribution is -2.28. The molecule has 4 heterocycles. The van der Waals surface area contributed by atoms with E-state index in [1.54, 1.807) is 31.4 Å². The lowest BCUT2D eigenvalue weighted by atomic mass is 9.89. The monoisotopic (exact) mass is 463 g/mol. The molecule has 0 saturated carbocycles. The molecule has 6 nitrogen and oxygen atoms in total. The van der Waals surface area contributed by atoms with Crippen molar-refractivity contribution in [3.05, 3.63) is 65.0 Å². The molecule has 3 aromatic rings. The number of likely N-dealkylation sites (N-methyl/N-ethyl adjacent to an activating group) is 1. The Balaban J connectivity index is 1.67. The summed E-state index contributed by atoms with van der Waals surface area (Å²) in [7, 11) is 3.59. The molecule has 0 spiro atoms. The summed E-state index contributed by atoms with van der Waals surface area (Å²) in [6.45, 7) is 2.22. The third-order valence-corrected chi connectivity index (χ3v) is 6.65. The number of aryl methyl sites for hydroxylation is 1. The second-order valence-electron chi connectivity index (χ2n) is 8.85. The van der Waals surface area contributed by atoms with Gasteiger partial charge in [-0.2, -0.15) is 0 Å². The first kappa shape index (κ1) is 22.4. The Morgan fingerprint density at radius 2 is 2.03 bits per heavy atom. The number of nitrogens with one attached hydrogen (secondary N) is 1. The van der Waals surface area contributed by atoms with Crippen molar-refractivity contribution in [2.75, 3.05) is 38.6 Å². The summed E-state index contributed by atoms with van der Waals surface area (Å²) in [5.74, 6) is 0.214. The molecule has 0 fully saturated rings. The van der Waals surface area contributed by atoms with E-state index in [0.29, 0.717) is 29.1 Å². The fraction of sp³-hybridized carbons (Fsp3) is 0.346. The predicted molar refractivity (Wildman–Crippen MR) is 130 cm³/mol. The minimum Gasteiger partial charge on any atom is -0.354 e. The quantitative estimate of drug-likeness (QED) is 0.606. The molecule has 0 radical (unpaired) electrons. The van der Waals surface area contributed by atoms with Gasteiger partial charge in [-0.1, -0.05) is 12.1 Å². The number of hydrogen-bond acceptors (Lipinski definition) is 5. The molecule has 0 saturated heterocycles. The molecule has 2 aliphatic rings. The van der Waals surface area contributed by atoms with Gasteiger partial charge in [-0.3, -0.25) is 9.78 Å². The molecule has 8 heteroatoms. The van der Waals surface area contributed by atoms with Crippen LogP contribution in [0.4, 0.5) is 20.3 Å². The van der Waals surface area contributed by atoms with Gasteiger partial charge in [0.15, 0.2) is 5.82 Å². The second kappa shape index (κ2) is 9.10. The molecule has 2 aromatic heterocycles. The van der Waals surface area contributed by atoms with Gasteiger partial charge in [0.1, 0.15) is 11.2 Å². The minimum absolute atomic E-state index is 0.0428. The summed E-state index contributed by atoms with van der Waals surface area (Å²) in [5.41, 5.74) is 4.32. The molecule has 0 aliphatic carbocycles. The number of alkyl halides is 2. The maximum atomic E-state index is 14.3. The van der Waals surface area contributed by atoms with Gasteiger partial charge in [0, 0.05) is 49.5 Å². The summed E-state index contributed by atoms with van der Waals surface area (Å²) < 4.78 is 28.6. The van der Waals surface area contributed by atoms with Crippen molar-refractivity contribution in [3.63, 3.8) is 0 Å². The predicted octanol–water partition coefficient (Wildman–Crippen LogP) is 4.73. The molecule has 5 rings (SSSR count). The minimum atomic E-state index is -2.59. The molecular weight excluding hydrogens is 436 g/mol. The molecule has 1 N–H and O–H groups in total. The van der Waals surface area contributed by atoms with Gasteiger partial charge in [-0.05, 0) is 67.3 Å². The Kier molecular flexibility index (Phi) is 6.00. The fourth-order valence-electron chi connectivity index (χ4n) is 4.84. The normalized spacial score (nSPS) is 16.5. The van der Waals surface area contributed by atoms with Crippen molar-refractivity contribution in [1.29, 1.82) is 0 Å². The highest BCUT2D eigenvalue weighted by Gasteiger charge is 2.28. The van der Waals surface area contributed by atoms with Gasteiger partial charge >= 0.3 is 0 Å². The van der Waals surface area contributed by atoms with E-state index in [1.807, 2.05) is 24.1 Å². The zero-order valence-corrected chi connectivity index (χ0v) is 19.3. The van der Waals surface area contributed by atoms with Crippen molar-refractivity contribution in [3.8, 4) is 0 Å². The molecule has 1 amide bonds. The van der Waals surface area contributed by atoms with E-state index >= 15 is 0 Å². The average molecular weight is 464 g/mol. The topological polar surface area (TPSA) is 61.4 Å². The number of benzene rings is 1. The number of halogens is 2. The number of anilines is 2. The Bertz CT molecular complexity index is 1290. The number of carbonyl (C=O) groups is 1. The zero-order valence-electron chi connectivity index (χ0n) is 19.3. The third kappa shape index (κ3) is 4.03. The highest BCUT2D eigenvalue weighted by atomic mass is 19.3. The van der Waals surface area contributed by atoms with Gasteiger partial charge in [0.2, 0.25) is 0 Å². The maximum Gasteiger partial charge on any atom is 0.269 e. The van der Waals surface area contributed by atoms with Gasteiger partial charge in [0.25, 0.3) is 12.3 Å². The Morgan fingerprint density at radius 3 is 2.76 bits per heavy atom. The Morgan fingerprint density at radius 1 is 1.18 bits per heavy atom. The third-order valence-electron chi connectivity index (χ3n) is 6.65. The highest BCUT2D eigenvalue weighted by Crippen LogP contribution is 2.41. The van der Waals surface area contributed by atoms with Crippen molar-refractivity contribution >= 4 is 33.9 Å². The summed E-state index contributed by atoms with van der Waals surface area (Å²) in [4.78, 5) is 25.7. The van der Waals surface area contributed by atoms with E-state index in [1.165, 1.54) is 0 Å².